The number of phenols is 1. The van der Waals surface area contributed by atoms with Gasteiger partial charge >= 0.3 is 0 Å². The molecule has 0 spiro atoms. The normalized spacial score (nSPS) is 28.3. The molecule has 150 valence electrons. The van der Waals surface area contributed by atoms with Gasteiger partial charge in [-0.05, 0) is 36.2 Å². The SMILES string of the molecule is Oc1ccc([C@@H](O)CN2C[C@H]3C[C@H](Oc4ccc(F)cc4F)C[C@@]3(O)C2)cc1. The summed E-state index contributed by atoms with van der Waals surface area (Å²) in [5.41, 5.74) is -0.245. The highest BCUT2D eigenvalue weighted by molar-refractivity contribution is 5.28. The zero-order valence-electron chi connectivity index (χ0n) is 15.3. The Balaban J connectivity index is 1.35. The molecule has 4 rings (SSSR count). The smallest absolute Gasteiger partial charge is 0.167 e. The summed E-state index contributed by atoms with van der Waals surface area (Å²) in [5, 5.41) is 30.8. The van der Waals surface area contributed by atoms with Crippen molar-refractivity contribution in [3.63, 3.8) is 0 Å². The van der Waals surface area contributed by atoms with Crippen LogP contribution in [0.1, 0.15) is 24.5 Å². The summed E-state index contributed by atoms with van der Waals surface area (Å²) in [6.07, 6.45) is -0.123. The van der Waals surface area contributed by atoms with Crippen molar-refractivity contribution in [1.82, 2.24) is 4.90 Å². The quantitative estimate of drug-likeness (QED) is 0.731. The molecule has 7 heteroatoms. The van der Waals surface area contributed by atoms with Crippen molar-refractivity contribution in [2.75, 3.05) is 19.6 Å². The Labute approximate surface area is 161 Å². The molecule has 0 aromatic heterocycles. The number of β-amino-alcohol motifs (C(OH)–C–C–N with tert-alkyl or cyclic N) is 2. The fourth-order valence-corrected chi connectivity index (χ4v) is 4.41. The van der Waals surface area contributed by atoms with Crippen molar-refractivity contribution in [3.05, 3.63) is 59.7 Å². The second-order valence-electron chi connectivity index (χ2n) is 7.86. The van der Waals surface area contributed by atoms with Gasteiger partial charge in [0.15, 0.2) is 11.6 Å². The number of hydrogen-bond donors (Lipinski definition) is 3. The number of nitrogens with zero attached hydrogens (tertiary/aromatic N) is 1. The van der Waals surface area contributed by atoms with Crippen LogP contribution in [0, 0.1) is 17.6 Å². The van der Waals surface area contributed by atoms with Crippen LogP contribution >= 0.6 is 0 Å². The predicted octanol–water partition coefficient (Wildman–Crippen LogP) is 2.61. The number of hydrogen-bond acceptors (Lipinski definition) is 5. The van der Waals surface area contributed by atoms with E-state index in [1.165, 1.54) is 18.2 Å². The summed E-state index contributed by atoms with van der Waals surface area (Å²) >= 11 is 0. The fraction of sp³-hybridized carbons (Fsp3) is 0.429. The van der Waals surface area contributed by atoms with Gasteiger partial charge in [0.2, 0.25) is 0 Å². The molecule has 4 atom stereocenters. The third-order valence-electron chi connectivity index (χ3n) is 5.76. The van der Waals surface area contributed by atoms with Crippen LogP contribution < -0.4 is 4.74 Å². The predicted molar refractivity (Wildman–Crippen MR) is 98.0 cm³/mol. The highest BCUT2D eigenvalue weighted by atomic mass is 19.1. The van der Waals surface area contributed by atoms with E-state index in [1.807, 2.05) is 4.90 Å². The van der Waals surface area contributed by atoms with Crippen molar-refractivity contribution in [2.24, 2.45) is 5.92 Å². The van der Waals surface area contributed by atoms with E-state index < -0.39 is 23.3 Å². The lowest BCUT2D eigenvalue weighted by molar-refractivity contribution is 0.0175. The molecule has 2 aromatic rings. The van der Waals surface area contributed by atoms with Gasteiger partial charge in [-0.2, -0.15) is 0 Å². The van der Waals surface area contributed by atoms with Crippen LogP contribution in [-0.2, 0) is 0 Å². The maximum Gasteiger partial charge on any atom is 0.167 e. The fourth-order valence-electron chi connectivity index (χ4n) is 4.41. The molecule has 1 saturated carbocycles. The van der Waals surface area contributed by atoms with Gasteiger partial charge < -0.3 is 20.1 Å². The van der Waals surface area contributed by atoms with E-state index >= 15 is 0 Å². The van der Waals surface area contributed by atoms with Gasteiger partial charge in [0.1, 0.15) is 17.7 Å². The monoisotopic (exact) mass is 391 g/mol. The maximum absolute atomic E-state index is 13.8. The van der Waals surface area contributed by atoms with Crippen molar-refractivity contribution in [3.8, 4) is 11.5 Å². The number of benzene rings is 2. The Hall–Kier alpha value is -2.22. The first-order valence-electron chi connectivity index (χ1n) is 9.36. The lowest BCUT2D eigenvalue weighted by Gasteiger charge is -2.25. The topological polar surface area (TPSA) is 73.2 Å². The Morgan fingerprint density at radius 1 is 1.18 bits per heavy atom. The number of aliphatic hydroxyl groups excluding tert-OH is 1. The molecule has 1 aliphatic carbocycles. The highest BCUT2D eigenvalue weighted by Gasteiger charge is 2.52. The van der Waals surface area contributed by atoms with E-state index in [1.54, 1.807) is 12.1 Å². The highest BCUT2D eigenvalue weighted by Crippen LogP contribution is 2.43. The number of halogens is 2. The zero-order valence-corrected chi connectivity index (χ0v) is 15.3. The number of ether oxygens (including phenoxy) is 1. The van der Waals surface area contributed by atoms with E-state index in [-0.39, 0.29) is 23.5 Å². The first-order chi connectivity index (χ1) is 13.3. The summed E-state index contributed by atoms with van der Waals surface area (Å²) < 4.78 is 32.5. The van der Waals surface area contributed by atoms with E-state index in [4.69, 9.17) is 4.74 Å². The van der Waals surface area contributed by atoms with Crippen LogP contribution in [-0.4, -0.2) is 51.6 Å². The van der Waals surface area contributed by atoms with Crippen molar-refractivity contribution < 1.29 is 28.8 Å². The Bertz CT molecular complexity index is 847. The molecule has 2 aliphatic rings. The average molecular weight is 391 g/mol. The van der Waals surface area contributed by atoms with E-state index in [9.17, 15) is 24.1 Å². The van der Waals surface area contributed by atoms with Crippen LogP contribution in [0.4, 0.5) is 8.78 Å². The Morgan fingerprint density at radius 2 is 1.93 bits per heavy atom. The van der Waals surface area contributed by atoms with Crippen LogP contribution in [0.2, 0.25) is 0 Å². The largest absolute Gasteiger partial charge is 0.508 e. The minimum atomic E-state index is -0.949. The van der Waals surface area contributed by atoms with E-state index in [0.717, 1.165) is 12.1 Å². The molecule has 0 amide bonds. The molecule has 1 saturated heterocycles. The number of fused-ring (bicyclic) bond motifs is 1. The van der Waals surface area contributed by atoms with Crippen LogP contribution in [0.25, 0.3) is 0 Å². The first-order valence-corrected chi connectivity index (χ1v) is 9.36. The molecule has 5 nitrogen and oxygen atoms in total. The molecule has 0 unspecified atom stereocenters. The first kappa shape index (κ1) is 19.1. The van der Waals surface area contributed by atoms with Crippen LogP contribution in [0.3, 0.4) is 0 Å². The molecular weight excluding hydrogens is 368 g/mol. The zero-order chi connectivity index (χ0) is 19.9. The van der Waals surface area contributed by atoms with Gasteiger partial charge in [0, 0.05) is 38.0 Å². The van der Waals surface area contributed by atoms with Gasteiger partial charge in [-0.25, -0.2) is 8.78 Å². The van der Waals surface area contributed by atoms with Gasteiger partial charge in [-0.3, -0.25) is 4.90 Å². The molecule has 28 heavy (non-hydrogen) atoms. The molecule has 2 fully saturated rings. The van der Waals surface area contributed by atoms with Gasteiger partial charge in [0.25, 0.3) is 0 Å². The lowest BCUT2D eigenvalue weighted by atomic mass is 9.95. The van der Waals surface area contributed by atoms with E-state index in [0.29, 0.717) is 38.0 Å². The number of rotatable bonds is 5. The molecule has 1 aliphatic heterocycles. The van der Waals surface area contributed by atoms with Crippen molar-refractivity contribution in [2.45, 2.75) is 30.7 Å². The third kappa shape index (κ3) is 3.83. The Morgan fingerprint density at radius 3 is 2.61 bits per heavy atom. The van der Waals surface area contributed by atoms with Crippen molar-refractivity contribution in [1.29, 1.82) is 0 Å². The third-order valence-corrected chi connectivity index (χ3v) is 5.76. The molecular formula is C21H23F2NO4. The summed E-state index contributed by atoms with van der Waals surface area (Å²) in [7, 11) is 0. The minimum Gasteiger partial charge on any atom is -0.508 e. The standard InChI is InChI=1S/C21H23F2NO4/c22-15-3-6-20(18(23)8-15)28-17-7-14-10-24(12-21(14,27)9-17)11-19(26)13-1-4-16(25)5-2-13/h1-6,8,14,17,19,25-27H,7,9-12H2/t14-,17+,19+,21-/m1/s1. The number of aliphatic hydroxyl groups is 2. The number of phenolic OH excluding ortho intramolecular Hbond substituents is 1. The molecule has 1 heterocycles. The van der Waals surface area contributed by atoms with Gasteiger partial charge in [-0.1, -0.05) is 12.1 Å². The lowest BCUT2D eigenvalue weighted by Crippen LogP contribution is -2.36. The van der Waals surface area contributed by atoms with Gasteiger partial charge in [-0.15, -0.1) is 0 Å². The minimum absolute atomic E-state index is 0.00502. The average Bonchev–Trinajstić information content (AvgIpc) is 3.08. The second kappa shape index (κ2) is 7.31. The van der Waals surface area contributed by atoms with Gasteiger partial charge in [0.05, 0.1) is 11.7 Å². The van der Waals surface area contributed by atoms with Crippen LogP contribution in [0.15, 0.2) is 42.5 Å². The number of likely N-dealkylation sites (tertiary alicyclic amines) is 1. The number of aromatic hydroxyl groups is 1. The molecule has 0 bridgehead atoms. The maximum atomic E-state index is 13.8. The molecule has 0 radical (unpaired) electrons. The Kier molecular flexibility index (Phi) is 4.99. The summed E-state index contributed by atoms with van der Waals surface area (Å²) in [6, 6.07) is 9.60. The molecule has 3 N–H and O–H groups in total. The van der Waals surface area contributed by atoms with Crippen LogP contribution in [0.5, 0.6) is 11.5 Å². The second-order valence-corrected chi connectivity index (χ2v) is 7.86. The van der Waals surface area contributed by atoms with Crippen molar-refractivity contribution >= 4 is 0 Å². The summed E-state index contributed by atoms with van der Waals surface area (Å²) in [4.78, 5) is 2.01. The summed E-state index contributed by atoms with van der Waals surface area (Å²) in [6.45, 7) is 1.39. The summed E-state index contributed by atoms with van der Waals surface area (Å²) in [5.74, 6) is -1.30. The van der Waals surface area contributed by atoms with E-state index in [2.05, 4.69) is 0 Å². The molecule has 2 aromatic carbocycles.